The molecule has 1 fully saturated rings. The third-order valence-electron chi connectivity index (χ3n) is 5.56. The number of fused-ring (bicyclic) bond motifs is 1. The van der Waals surface area contributed by atoms with E-state index in [4.69, 9.17) is 25.8 Å². The van der Waals surface area contributed by atoms with Gasteiger partial charge in [0.2, 0.25) is 11.7 Å². The van der Waals surface area contributed by atoms with Crippen LogP contribution in [0, 0.1) is 0 Å². The lowest BCUT2D eigenvalue weighted by Gasteiger charge is -2.28. The highest BCUT2D eigenvalue weighted by Gasteiger charge is 2.24. The largest absolute Gasteiger partial charge is 0.493 e. The highest BCUT2D eigenvalue weighted by molar-refractivity contribution is 6.30. The maximum Gasteiger partial charge on any atom is 0.244 e. The average Bonchev–Trinajstić information content (AvgIpc) is 3.32. The number of hydrogen-bond donors (Lipinski definition) is 1. The topological polar surface area (TPSA) is 60.0 Å². The number of likely N-dealkylation sites (tertiary alicyclic amines) is 1. The van der Waals surface area contributed by atoms with Crippen LogP contribution >= 0.6 is 11.6 Å². The lowest BCUT2D eigenvalue weighted by atomic mass is 10.1. The smallest absolute Gasteiger partial charge is 0.244 e. The van der Waals surface area contributed by atoms with Crippen LogP contribution in [0.5, 0.6) is 17.2 Å². The molecule has 1 unspecified atom stereocenters. The van der Waals surface area contributed by atoms with Crippen molar-refractivity contribution in [3.63, 3.8) is 0 Å². The molecule has 0 bridgehead atoms. The molecule has 1 atom stereocenters. The van der Waals surface area contributed by atoms with Gasteiger partial charge in [0.15, 0.2) is 11.5 Å². The number of methoxy groups -OCH3 is 1. The molecule has 0 radical (unpaired) electrons. The molecule has 164 valence electrons. The Kier molecular flexibility index (Phi) is 6.99. The lowest BCUT2D eigenvalue weighted by Crippen LogP contribution is -2.36. The molecule has 0 spiro atoms. The van der Waals surface area contributed by atoms with Crippen molar-refractivity contribution in [2.75, 3.05) is 40.0 Å². The number of amides is 1. The molecular formula is C24H27ClN2O4. The van der Waals surface area contributed by atoms with Crippen LogP contribution in [-0.4, -0.2) is 50.8 Å². The van der Waals surface area contributed by atoms with Gasteiger partial charge in [-0.3, -0.25) is 9.69 Å². The molecule has 0 saturated carbocycles. The lowest BCUT2D eigenvalue weighted by molar-refractivity contribution is -0.116. The number of carbonyl (C=O) groups is 1. The predicted molar refractivity (Wildman–Crippen MR) is 121 cm³/mol. The van der Waals surface area contributed by atoms with Crippen LogP contribution in [-0.2, 0) is 4.79 Å². The molecule has 0 aliphatic carbocycles. The highest BCUT2D eigenvalue weighted by atomic mass is 35.5. The summed E-state index contributed by atoms with van der Waals surface area (Å²) in [5.74, 6) is 1.67. The van der Waals surface area contributed by atoms with Crippen LogP contribution in [0.15, 0.2) is 42.5 Å². The van der Waals surface area contributed by atoms with Crippen molar-refractivity contribution in [1.82, 2.24) is 10.2 Å². The summed E-state index contributed by atoms with van der Waals surface area (Å²) in [7, 11) is 1.59. The van der Waals surface area contributed by atoms with Gasteiger partial charge in [0.25, 0.3) is 0 Å². The summed E-state index contributed by atoms with van der Waals surface area (Å²) in [5, 5.41) is 3.75. The minimum Gasteiger partial charge on any atom is -0.493 e. The Morgan fingerprint density at radius 3 is 2.81 bits per heavy atom. The molecule has 4 rings (SSSR count). The molecule has 2 aliphatic heterocycles. The maximum atomic E-state index is 12.5. The Morgan fingerprint density at radius 1 is 1.23 bits per heavy atom. The molecule has 7 heteroatoms. The van der Waals surface area contributed by atoms with E-state index in [-0.39, 0.29) is 11.9 Å². The normalized spacial score (nSPS) is 17.0. The number of benzene rings is 2. The predicted octanol–water partition coefficient (Wildman–Crippen LogP) is 4.09. The van der Waals surface area contributed by atoms with Crippen LogP contribution in [0.25, 0.3) is 6.08 Å². The zero-order valence-corrected chi connectivity index (χ0v) is 18.4. The third-order valence-corrected chi connectivity index (χ3v) is 5.80. The number of carbonyl (C=O) groups excluding carboxylic acids is 1. The van der Waals surface area contributed by atoms with E-state index in [0.717, 1.165) is 24.2 Å². The first-order valence-electron chi connectivity index (χ1n) is 10.6. The molecule has 0 aromatic heterocycles. The van der Waals surface area contributed by atoms with Gasteiger partial charge in [0.05, 0.1) is 13.2 Å². The zero-order chi connectivity index (χ0) is 21.6. The highest BCUT2D eigenvalue weighted by Crippen LogP contribution is 2.40. The SMILES string of the molecule is COc1cc(/C=C/C(=O)NCC(c2cccc(Cl)c2)N2CCCC2)cc2c1OCCO2. The van der Waals surface area contributed by atoms with Gasteiger partial charge in [-0.25, -0.2) is 0 Å². The molecule has 1 saturated heterocycles. The van der Waals surface area contributed by atoms with Crippen molar-refractivity contribution >= 4 is 23.6 Å². The molecule has 2 aliphatic rings. The van der Waals surface area contributed by atoms with Gasteiger partial charge in [0, 0.05) is 17.6 Å². The van der Waals surface area contributed by atoms with Crippen molar-refractivity contribution in [3.05, 3.63) is 58.6 Å². The Balaban J connectivity index is 1.43. The number of nitrogens with one attached hydrogen (secondary N) is 1. The van der Waals surface area contributed by atoms with Crippen LogP contribution in [0.4, 0.5) is 0 Å². The van der Waals surface area contributed by atoms with Crippen LogP contribution in [0.1, 0.15) is 30.0 Å². The Morgan fingerprint density at radius 2 is 2.03 bits per heavy atom. The standard InChI is InChI=1S/C24H27ClN2O4/c1-29-21-13-17(14-22-24(21)31-12-11-30-22)7-8-23(28)26-16-20(27-9-2-3-10-27)18-5-4-6-19(25)15-18/h4-8,13-15,20H,2-3,9-12,16H2,1H3,(H,26,28)/b8-7+. The summed E-state index contributed by atoms with van der Waals surface area (Å²) in [5.41, 5.74) is 1.93. The monoisotopic (exact) mass is 442 g/mol. The molecule has 1 amide bonds. The molecule has 1 N–H and O–H groups in total. The van der Waals surface area contributed by atoms with E-state index in [2.05, 4.69) is 16.3 Å². The van der Waals surface area contributed by atoms with Crippen molar-refractivity contribution in [2.45, 2.75) is 18.9 Å². The van der Waals surface area contributed by atoms with Crippen molar-refractivity contribution in [3.8, 4) is 17.2 Å². The quantitative estimate of drug-likeness (QED) is 0.654. The summed E-state index contributed by atoms with van der Waals surface area (Å²) in [6.07, 6.45) is 5.64. The first-order chi connectivity index (χ1) is 15.1. The minimum absolute atomic E-state index is 0.105. The molecule has 2 aromatic carbocycles. The molecule has 2 heterocycles. The number of hydrogen-bond acceptors (Lipinski definition) is 5. The first-order valence-corrected chi connectivity index (χ1v) is 10.9. The van der Waals surface area contributed by atoms with Gasteiger partial charge in [-0.2, -0.15) is 0 Å². The Labute approximate surface area is 187 Å². The second-order valence-corrected chi connectivity index (χ2v) is 8.08. The maximum absolute atomic E-state index is 12.5. The number of ether oxygens (including phenoxy) is 3. The molecule has 2 aromatic rings. The van der Waals surface area contributed by atoms with Gasteiger partial charge in [0.1, 0.15) is 13.2 Å². The van der Waals surface area contributed by atoms with Gasteiger partial charge < -0.3 is 19.5 Å². The summed E-state index contributed by atoms with van der Waals surface area (Å²) >= 11 is 6.20. The fourth-order valence-electron chi connectivity index (χ4n) is 4.04. The summed E-state index contributed by atoms with van der Waals surface area (Å²) < 4.78 is 16.7. The van der Waals surface area contributed by atoms with E-state index < -0.39 is 0 Å². The number of nitrogens with zero attached hydrogens (tertiary/aromatic N) is 1. The summed E-state index contributed by atoms with van der Waals surface area (Å²) in [6, 6.07) is 11.7. The van der Waals surface area contributed by atoms with Crippen molar-refractivity contribution in [2.24, 2.45) is 0 Å². The van der Waals surface area contributed by atoms with Crippen molar-refractivity contribution in [1.29, 1.82) is 0 Å². The van der Waals surface area contributed by atoms with Crippen molar-refractivity contribution < 1.29 is 19.0 Å². The fraction of sp³-hybridized carbons (Fsp3) is 0.375. The third kappa shape index (κ3) is 5.32. The van der Waals surface area contributed by atoms with Gasteiger partial charge in [-0.15, -0.1) is 0 Å². The van der Waals surface area contributed by atoms with Crippen LogP contribution < -0.4 is 19.5 Å². The average molecular weight is 443 g/mol. The molecule has 31 heavy (non-hydrogen) atoms. The minimum atomic E-state index is -0.153. The van der Waals surface area contributed by atoms with E-state index in [1.54, 1.807) is 13.2 Å². The van der Waals surface area contributed by atoms with E-state index in [0.29, 0.717) is 42.0 Å². The summed E-state index contributed by atoms with van der Waals surface area (Å²) in [6.45, 7) is 3.56. The van der Waals surface area contributed by atoms with Gasteiger partial charge >= 0.3 is 0 Å². The second kappa shape index (κ2) is 10.1. The van der Waals surface area contributed by atoms with Crippen LogP contribution in [0.3, 0.4) is 0 Å². The number of halogens is 1. The Bertz CT molecular complexity index is 939. The van der Waals surface area contributed by atoms with Gasteiger partial charge in [-0.1, -0.05) is 23.7 Å². The summed E-state index contributed by atoms with van der Waals surface area (Å²) in [4.78, 5) is 15.0. The Hall–Kier alpha value is -2.70. The zero-order valence-electron chi connectivity index (χ0n) is 17.6. The van der Waals surface area contributed by atoms with E-state index in [9.17, 15) is 4.79 Å². The van der Waals surface area contributed by atoms with E-state index >= 15 is 0 Å². The molecular weight excluding hydrogens is 416 g/mol. The first kappa shape index (κ1) is 21.5. The van der Waals surface area contributed by atoms with Gasteiger partial charge in [-0.05, 0) is 67.4 Å². The second-order valence-electron chi connectivity index (χ2n) is 7.64. The van der Waals surface area contributed by atoms with E-state index in [1.807, 2.05) is 30.3 Å². The number of rotatable bonds is 7. The fourth-order valence-corrected chi connectivity index (χ4v) is 4.24. The van der Waals surface area contributed by atoms with Crippen LogP contribution in [0.2, 0.25) is 5.02 Å². The molecule has 6 nitrogen and oxygen atoms in total. The van der Waals surface area contributed by atoms with E-state index in [1.165, 1.54) is 18.9 Å².